The van der Waals surface area contributed by atoms with Gasteiger partial charge in [-0.05, 0) is 33.6 Å². The van der Waals surface area contributed by atoms with E-state index in [2.05, 4.69) is 49.0 Å². The fraction of sp³-hybridized carbons (Fsp3) is 0.474. The second-order valence-corrected chi connectivity index (χ2v) is 7.16. The summed E-state index contributed by atoms with van der Waals surface area (Å²) in [5.41, 5.74) is 3.96. The lowest BCUT2D eigenvalue weighted by Crippen LogP contribution is -2.44. The molecule has 3 aromatic rings. The number of nitrogens with zero attached hydrogens (tertiary/aromatic N) is 7. The summed E-state index contributed by atoms with van der Waals surface area (Å²) in [4.78, 5) is 17.9. The van der Waals surface area contributed by atoms with Crippen molar-refractivity contribution in [2.45, 2.75) is 39.7 Å². The van der Waals surface area contributed by atoms with Crippen molar-refractivity contribution in [3.63, 3.8) is 0 Å². The fourth-order valence-corrected chi connectivity index (χ4v) is 3.72. The highest BCUT2D eigenvalue weighted by atomic mass is 15.4. The molecule has 1 saturated heterocycles. The minimum Gasteiger partial charge on any atom is -0.356 e. The Morgan fingerprint density at radius 1 is 0.962 bits per heavy atom. The van der Waals surface area contributed by atoms with Crippen LogP contribution in [0.25, 0.3) is 5.65 Å². The van der Waals surface area contributed by atoms with Crippen LogP contribution in [0.3, 0.4) is 0 Å². The molecule has 26 heavy (non-hydrogen) atoms. The molecule has 4 heterocycles. The summed E-state index contributed by atoms with van der Waals surface area (Å²) in [6.07, 6.45) is 3.82. The van der Waals surface area contributed by atoms with E-state index in [4.69, 9.17) is 0 Å². The number of hydrogen-bond acceptors (Lipinski definition) is 6. The summed E-state index contributed by atoms with van der Waals surface area (Å²) < 4.78 is 1.97. The van der Waals surface area contributed by atoms with Gasteiger partial charge in [0.25, 0.3) is 0 Å². The highest BCUT2D eigenvalue weighted by Gasteiger charge is 2.25. The molecule has 1 aliphatic rings. The first-order valence-corrected chi connectivity index (χ1v) is 9.12. The molecular weight excluding hydrogens is 326 g/mol. The molecule has 136 valence electrons. The SMILES string of the molecule is Cc1cc(N(C)C2CCN(c3cc(C)nc4cc(C)nn34)CC2)ncn1. The molecule has 3 aromatic heterocycles. The van der Waals surface area contributed by atoms with Crippen molar-refractivity contribution in [3.8, 4) is 0 Å². The van der Waals surface area contributed by atoms with Crippen molar-refractivity contribution >= 4 is 17.3 Å². The Morgan fingerprint density at radius 3 is 2.46 bits per heavy atom. The standard InChI is InChI=1S/C19H25N7/c1-13-9-17(21-12-20-13)24(4)16-5-7-25(8-6-16)19-11-14(2)22-18-10-15(3)23-26(18)19/h9-12,16H,5-8H2,1-4H3. The van der Waals surface area contributed by atoms with Gasteiger partial charge in [0.05, 0.1) is 5.69 Å². The summed E-state index contributed by atoms with van der Waals surface area (Å²) in [6, 6.07) is 6.71. The van der Waals surface area contributed by atoms with E-state index in [1.54, 1.807) is 6.33 Å². The van der Waals surface area contributed by atoms with E-state index in [9.17, 15) is 0 Å². The van der Waals surface area contributed by atoms with Crippen LogP contribution in [0.1, 0.15) is 29.9 Å². The molecule has 0 spiro atoms. The van der Waals surface area contributed by atoms with Gasteiger partial charge >= 0.3 is 0 Å². The van der Waals surface area contributed by atoms with Gasteiger partial charge in [-0.1, -0.05) is 0 Å². The molecule has 0 atom stereocenters. The number of fused-ring (bicyclic) bond motifs is 1. The molecule has 0 radical (unpaired) electrons. The first-order chi connectivity index (χ1) is 12.5. The summed E-state index contributed by atoms with van der Waals surface area (Å²) in [5, 5.41) is 4.63. The molecule has 0 aliphatic carbocycles. The van der Waals surface area contributed by atoms with Crippen LogP contribution >= 0.6 is 0 Å². The maximum Gasteiger partial charge on any atom is 0.157 e. The number of aryl methyl sites for hydroxylation is 3. The van der Waals surface area contributed by atoms with Gasteiger partial charge in [0.1, 0.15) is 18.0 Å². The van der Waals surface area contributed by atoms with Crippen LogP contribution in [0.15, 0.2) is 24.5 Å². The number of rotatable bonds is 3. The summed E-state index contributed by atoms with van der Waals surface area (Å²) in [6.45, 7) is 8.06. The average Bonchev–Trinajstić information content (AvgIpc) is 3.00. The van der Waals surface area contributed by atoms with E-state index in [0.29, 0.717) is 6.04 Å². The van der Waals surface area contributed by atoms with Gasteiger partial charge in [0.2, 0.25) is 0 Å². The lowest BCUT2D eigenvalue weighted by Gasteiger charge is -2.38. The minimum atomic E-state index is 0.485. The predicted octanol–water partition coefficient (Wildman–Crippen LogP) is 2.55. The van der Waals surface area contributed by atoms with E-state index in [1.807, 2.05) is 31.4 Å². The Morgan fingerprint density at radius 2 is 1.73 bits per heavy atom. The largest absolute Gasteiger partial charge is 0.356 e. The maximum absolute atomic E-state index is 4.63. The van der Waals surface area contributed by atoms with Crippen molar-refractivity contribution < 1.29 is 0 Å². The molecule has 1 aliphatic heterocycles. The van der Waals surface area contributed by atoms with Gasteiger partial charge < -0.3 is 9.80 Å². The zero-order chi connectivity index (χ0) is 18.3. The van der Waals surface area contributed by atoms with Crippen LogP contribution in [0, 0.1) is 20.8 Å². The topological polar surface area (TPSA) is 62.5 Å². The van der Waals surface area contributed by atoms with Crippen molar-refractivity contribution in [2.75, 3.05) is 29.9 Å². The van der Waals surface area contributed by atoms with Gasteiger partial charge in [0, 0.05) is 55.8 Å². The molecule has 0 amide bonds. The van der Waals surface area contributed by atoms with Crippen LogP contribution in [0.2, 0.25) is 0 Å². The van der Waals surface area contributed by atoms with Crippen LogP contribution in [-0.2, 0) is 0 Å². The third-order valence-corrected chi connectivity index (χ3v) is 5.15. The second kappa shape index (κ2) is 6.55. The normalized spacial score (nSPS) is 15.6. The maximum atomic E-state index is 4.63. The molecule has 0 saturated carbocycles. The minimum absolute atomic E-state index is 0.485. The molecule has 4 rings (SSSR count). The average molecular weight is 351 g/mol. The monoisotopic (exact) mass is 351 g/mol. The number of piperidine rings is 1. The highest BCUT2D eigenvalue weighted by molar-refractivity contribution is 5.52. The summed E-state index contributed by atoms with van der Waals surface area (Å²) >= 11 is 0. The van der Waals surface area contributed by atoms with E-state index >= 15 is 0 Å². The Hall–Kier alpha value is -2.70. The van der Waals surface area contributed by atoms with Crippen LogP contribution in [-0.4, -0.2) is 50.7 Å². The lowest BCUT2D eigenvalue weighted by molar-refractivity contribution is 0.475. The first-order valence-electron chi connectivity index (χ1n) is 9.12. The van der Waals surface area contributed by atoms with E-state index in [-0.39, 0.29) is 0 Å². The van der Waals surface area contributed by atoms with E-state index in [0.717, 1.165) is 60.3 Å². The Labute approximate surface area is 153 Å². The van der Waals surface area contributed by atoms with E-state index < -0.39 is 0 Å². The molecule has 7 nitrogen and oxygen atoms in total. The fourth-order valence-electron chi connectivity index (χ4n) is 3.72. The lowest BCUT2D eigenvalue weighted by atomic mass is 10.0. The van der Waals surface area contributed by atoms with Crippen LogP contribution < -0.4 is 9.80 Å². The third kappa shape index (κ3) is 3.09. The number of hydrogen-bond donors (Lipinski definition) is 0. The van der Waals surface area contributed by atoms with E-state index in [1.165, 1.54) is 0 Å². The molecule has 1 fully saturated rings. The van der Waals surface area contributed by atoms with Gasteiger partial charge in [-0.3, -0.25) is 0 Å². The summed E-state index contributed by atoms with van der Waals surface area (Å²) in [7, 11) is 2.13. The van der Waals surface area contributed by atoms with Gasteiger partial charge in [0.15, 0.2) is 5.65 Å². The zero-order valence-corrected chi connectivity index (χ0v) is 15.8. The molecule has 0 aromatic carbocycles. The quantitative estimate of drug-likeness (QED) is 0.723. The molecular formula is C19H25N7. The number of anilines is 2. The Kier molecular flexibility index (Phi) is 4.22. The Balaban J connectivity index is 1.52. The van der Waals surface area contributed by atoms with Crippen LogP contribution in [0.5, 0.6) is 0 Å². The number of aromatic nitrogens is 5. The third-order valence-electron chi connectivity index (χ3n) is 5.15. The van der Waals surface area contributed by atoms with Crippen LogP contribution in [0.4, 0.5) is 11.6 Å². The van der Waals surface area contributed by atoms with Gasteiger partial charge in [-0.15, -0.1) is 0 Å². The highest BCUT2D eigenvalue weighted by Crippen LogP contribution is 2.25. The summed E-state index contributed by atoms with van der Waals surface area (Å²) in [5.74, 6) is 2.14. The molecule has 0 unspecified atom stereocenters. The first kappa shape index (κ1) is 16.8. The smallest absolute Gasteiger partial charge is 0.157 e. The molecule has 0 N–H and O–H groups in total. The van der Waals surface area contributed by atoms with Crippen molar-refractivity contribution in [3.05, 3.63) is 41.6 Å². The second-order valence-electron chi connectivity index (χ2n) is 7.16. The van der Waals surface area contributed by atoms with Crippen molar-refractivity contribution in [2.24, 2.45) is 0 Å². The van der Waals surface area contributed by atoms with Gasteiger partial charge in [-0.25, -0.2) is 15.0 Å². The zero-order valence-electron chi connectivity index (χ0n) is 15.8. The molecule has 0 bridgehead atoms. The van der Waals surface area contributed by atoms with Crippen molar-refractivity contribution in [1.82, 2.24) is 24.6 Å². The Bertz CT molecular complexity index is 925. The van der Waals surface area contributed by atoms with Gasteiger partial charge in [-0.2, -0.15) is 9.61 Å². The predicted molar refractivity (Wildman–Crippen MR) is 103 cm³/mol. The molecule has 7 heteroatoms. The van der Waals surface area contributed by atoms with Crippen molar-refractivity contribution in [1.29, 1.82) is 0 Å².